The quantitative estimate of drug-likeness (QED) is 0.632. The van der Waals surface area contributed by atoms with Crippen LogP contribution in [-0.2, 0) is 6.42 Å². The van der Waals surface area contributed by atoms with Crippen molar-refractivity contribution >= 4 is 43.2 Å². The van der Waals surface area contributed by atoms with Crippen molar-refractivity contribution in [1.82, 2.24) is 5.32 Å². The fraction of sp³-hybridized carbons (Fsp3) is 0.333. The van der Waals surface area contributed by atoms with E-state index in [1.54, 1.807) is 23.5 Å². The van der Waals surface area contributed by atoms with Crippen molar-refractivity contribution in [3.63, 3.8) is 0 Å². The summed E-state index contributed by atoms with van der Waals surface area (Å²) in [6, 6.07) is 9.15. The van der Waals surface area contributed by atoms with Crippen LogP contribution in [0.3, 0.4) is 0 Å². The topological polar surface area (TPSA) is 12.0 Å². The Morgan fingerprint density at radius 2 is 2.05 bits per heavy atom. The van der Waals surface area contributed by atoms with Gasteiger partial charge in [-0.1, -0.05) is 22.9 Å². The highest BCUT2D eigenvalue weighted by molar-refractivity contribution is 9.11. The summed E-state index contributed by atoms with van der Waals surface area (Å²) < 4.78 is 15.6. The molecule has 0 amide bonds. The number of nitrogens with one attached hydrogen (secondary N) is 1. The molecule has 1 atom stereocenters. The Morgan fingerprint density at radius 1 is 1.25 bits per heavy atom. The molecule has 0 aliphatic carbocycles. The van der Waals surface area contributed by atoms with Gasteiger partial charge < -0.3 is 5.32 Å². The smallest absolute Gasteiger partial charge is 0.123 e. The summed E-state index contributed by atoms with van der Waals surface area (Å²) in [4.78, 5) is 1.28. The summed E-state index contributed by atoms with van der Waals surface area (Å²) in [5.74, 6) is -0.196. The fourth-order valence-corrected chi connectivity index (χ4v) is 4.11. The molecule has 0 fully saturated rings. The van der Waals surface area contributed by atoms with Gasteiger partial charge in [0.25, 0.3) is 0 Å². The first-order chi connectivity index (χ1) is 9.60. The molecule has 0 aliphatic rings. The molecule has 0 saturated carbocycles. The van der Waals surface area contributed by atoms with Crippen LogP contribution in [0.15, 0.2) is 38.6 Å². The van der Waals surface area contributed by atoms with E-state index in [1.807, 2.05) is 0 Å². The summed E-state index contributed by atoms with van der Waals surface area (Å²) in [7, 11) is 0. The number of benzene rings is 1. The van der Waals surface area contributed by atoms with Crippen molar-refractivity contribution in [2.45, 2.75) is 25.8 Å². The highest BCUT2D eigenvalue weighted by Crippen LogP contribution is 2.30. The zero-order valence-electron chi connectivity index (χ0n) is 11.1. The van der Waals surface area contributed by atoms with E-state index in [-0.39, 0.29) is 11.9 Å². The predicted octanol–water partition coefficient (Wildman–Crippen LogP) is 5.70. The van der Waals surface area contributed by atoms with E-state index in [0.29, 0.717) is 0 Å². The number of thiophene rings is 1. The van der Waals surface area contributed by atoms with Crippen LogP contribution in [-0.4, -0.2) is 6.54 Å². The van der Waals surface area contributed by atoms with Crippen molar-refractivity contribution in [3.8, 4) is 0 Å². The Morgan fingerprint density at radius 3 is 2.70 bits per heavy atom. The van der Waals surface area contributed by atoms with Gasteiger partial charge in [-0.25, -0.2) is 4.39 Å². The molecule has 108 valence electrons. The zero-order chi connectivity index (χ0) is 14.5. The summed E-state index contributed by atoms with van der Waals surface area (Å²) in [6.45, 7) is 3.05. The highest BCUT2D eigenvalue weighted by Gasteiger charge is 2.16. The third-order valence-electron chi connectivity index (χ3n) is 3.01. The minimum Gasteiger partial charge on any atom is -0.310 e. The lowest BCUT2D eigenvalue weighted by atomic mass is 10.0. The first kappa shape index (κ1) is 16.1. The van der Waals surface area contributed by atoms with Gasteiger partial charge in [0.05, 0.1) is 3.79 Å². The molecule has 1 unspecified atom stereocenters. The molecule has 0 radical (unpaired) electrons. The van der Waals surface area contributed by atoms with Gasteiger partial charge in [0.15, 0.2) is 0 Å². The number of rotatable bonds is 6. The van der Waals surface area contributed by atoms with Crippen LogP contribution >= 0.6 is 43.2 Å². The molecular formula is C15H16Br2FNS. The Bertz CT molecular complexity index is 571. The average Bonchev–Trinajstić information content (AvgIpc) is 2.83. The Labute approximate surface area is 139 Å². The molecule has 1 N–H and O–H groups in total. The van der Waals surface area contributed by atoms with Crippen LogP contribution < -0.4 is 5.32 Å². The van der Waals surface area contributed by atoms with Crippen molar-refractivity contribution in [3.05, 3.63) is 54.8 Å². The van der Waals surface area contributed by atoms with Crippen LogP contribution in [0, 0.1) is 5.82 Å². The van der Waals surface area contributed by atoms with Gasteiger partial charge in [-0.05, 0) is 64.8 Å². The Balaban J connectivity index is 2.24. The van der Waals surface area contributed by atoms with Gasteiger partial charge in [-0.15, -0.1) is 11.3 Å². The zero-order valence-corrected chi connectivity index (χ0v) is 15.1. The molecule has 5 heteroatoms. The van der Waals surface area contributed by atoms with Crippen molar-refractivity contribution < 1.29 is 4.39 Å². The minimum atomic E-state index is -0.196. The van der Waals surface area contributed by atoms with E-state index in [9.17, 15) is 4.39 Å². The maximum Gasteiger partial charge on any atom is 0.123 e. The maximum atomic E-state index is 13.5. The third-order valence-corrected chi connectivity index (χ3v) is 5.38. The van der Waals surface area contributed by atoms with Crippen LogP contribution in [0.2, 0.25) is 0 Å². The van der Waals surface area contributed by atoms with E-state index in [1.165, 1.54) is 10.9 Å². The summed E-state index contributed by atoms with van der Waals surface area (Å²) in [5.41, 5.74) is 0.975. The van der Waals surface area contributed by atoms with Crippen LogP contribution in [0.25, 0.3) is 0 Å². The molecule has 1 heterocycles. The fourth-order valence-electron chi connectivity index (χ4n) is 2.05. The van der Waals surface area contributed by atoms with E-state index >= 15 is 0 Å². The molecular weight excluding hydrogens is 405 g/mol. The SMILES string of the molecule is CCCNC(Cc1ccc(Br)s1)c1cc(F)ccc1Br. The maximum absolute atomic E-state index is 13.5. The van der Waals surface area contributed by atoms with Crippen LogP contribution in [0.5, 0.6) is 0 Å². The Hall–Kier alpha value is -0.230. The molecule has 2 aromatic rings. The van der Waals surface area contributed by atoms with Gasteiger partial charge >= 0.3 is 0 Å². The second-order valence-corrected chi connectivity index (χ2v) is 7.98. The number of halogens is 3. The summed E-state index contributed by atoms with van der Waals surface area (Å²) >= 11 is 8.74. The molecule has 2 rings (SSSR count). The first-order valence-corrected chi connectivity index (χ1v) is 8.93. The normalized spacial score (nSPS) is 12.6. The number of hydrogen-bond acceptors (Lipinski definition) is 2. The van der Waals surface area contributed by atoms with Gasteiger partial charge in [0, 0.05) is 21.8 Å². The van der Waals surface area contributed by atoms with E-state index in [4.69, 9.17) is 0 Å². The monoisotopic (exact) mass is 419 g/mol. The second kappa shape index (κ2) is 7.69. The lowest BCUT2D eigenvalue weighted by molar-refractivity contribution is 0.525. The number of hydrogen-bond donors (Lipinski definition) is 1. The van der Waals surface area contributed by atoms with Gasteiger partial charge in [-0.2, -0.15) is 0 Å². The molecule has 1 nitrogen and oxygen atoms in total. The summed E-state index contributed by atoms with van der Waals surface area (Å²) in [6.07, 6.45) is 1.91. The lowest BCUT2D eigenvalue weighted by Gasteiger charge is -2.20. The molecule has 20 heavy (non-hydrogen) atoms. The van der Waals surface area contributed by atoms with Gasteiger partial charge in [0.1, 0.15) is 5.82 Å². The lowest BCUT2D eigenvalue weighted by Crippen LogP contribution is -2.24. The van der Waals surface area contributed by atoms with Crippen molar-refractivity contribution in [1.29, 1.82) is 0 Å². The van der Waals surface area contributed by atoms with Gasteiger partial charge in [-0.3, -0.25) is 0 Å². The average molecular weight is 421 g/mol. The Kier molecular flexibility index (Phi) is 6.20. The minimum absolute atomic E-state index is 0.116. The molecule has 0 spiro atoms. The first-order valence-electron chi connectivity index (χ1n) is 6.52. The predicted molar refractivity (Wildman–Crippen MR) is 90.9 cm³/mol. The summed E-state index contributed by atoms with van der Waals surface area (Å²) in [5, 5.41) is 3.51. The third kappa shape index (κ3) is 4.38. The van der Waals surface area contributed by atoms with E-state index < -0.39 is 0 Å². The highest BCUT2D eigenvalue weighted by atomic mass is 79.9. The molecule has 0 bridgehead atoms. The molecule has 0 aliphatic heterocycles. The molecule has 1 aromatic heterocycles. The van der Waals surface area contributed by atoms with E-state index in [2.05, 4.69) is 56.2 Å². The van der Waals surface area contributed by atoms with E-state index in [0.717, 1.165) is 33.2 Å². The second-order valence-electron chi connectivity index (χ2n) is 4.58. The molecule has 1 aromatic carbocycles. The van der Waals surface area contributed by atoms with Gasteiger partial charge in [0.2, 0.25) is 0 Å². The van der Waals surface area contributed by atoms with Crippen LogP contribution in [0.4, 0.5) is 4.39 Å². The van der Waals surface area contributed by atoms with Crippen molar-refractivity contribution in [2.75, 3.05) is 6.54 Å². The van der Waals surface area contributed by atoms with Crippen LogP contribution in [0.1, 0.15) is 29.8 Å². The standard InChI is InChI=1S/C15H16Br2FNS/c1-2-7-19-14(9-11-4-6-15(17)20-11)12-8-10(18)3-5-13(12)16/h3-6,8,14,19H,2,7,9H2,1H3. The van der Waals surface area contributed by atoms with Crippen molar-refractivity contribution in [2.24, 2.45) is 0 Å². The molecule has 0 saturated heterocycles. The largest absolute Gasteiger partial charge is 0.310 e.